The molecule has 23 heavy (non-hydrogen) atoms. The predicted octanol–water partition coefficient (Wildman–Crippen LogP) is 3.53. The minimum absolute atomic E-state index is 0. The number of benzene rings is 1. The van der Waals surface area contributed by atoms with E-state index >= 15 is 0 Å². The van der Waals surface area contributed by atoms with Crippen molar-refractivity contribution in [1.29, 1.82) is 0 Å². The number of hydrogen-bond donors (Lipinski definition) is 1. The average Bonchev–Trinajstić information content (AvgIpc) is 2.97. The van der Waals surface area contributed by atoms with E-state index in [4.69, 9.17) is 4.74 Å². The Balaban J connectivity index is 0.00000264. The third-order valence-corrected chi connectivity index (χ3v) is 4.45. The number of nitrogens with zero attached hydrogens (tertiary/aromatic N) is 1. The van der Waals surface area contributed by atoms with Crippen molar-refractivity contribution in [2.45, 2.75) is 6.92 Å². The molecule has 126 valence electrons. The lowest BCUT2D eigenvalue weighted by Gasteiger charge is -2.16. The molecule has 0 radical (unpaired) electrons. The molecule has 0 bridgehead atoms. The second kappa shape index (κ2) is 9.55. The zero-order valence-electron chi connectivity index (χ0n) is 13.7. The predicted molar refractivity (Wildman–Crippen MR) is 99.1 cm³/mol. The summed E-state index contributed by atoms with van der Waals surface area (Å²) in [6.07, 6.45) is 0. The van der Waals surface area contributed by atoms with Crippen molar-refractivity contribution in [3.05, 3.63) is 41.3 Å². The highest BCUT2D eigenvalue weighted by molar-refractivity contribution is 7.17. The van der Waals surface area contributed by atoms with E-state index in [1.54, 1.807) is 4.90 Å². The molecule has 2 aromatic rings. The molecule has 0 aliphatic carbocycles. The van der Waals surface area contributed by atoms with Gasteiger partial charge in [0.2, 0.25) is 0 Å². The Morgan fingerprint density at radius 2 is 2.00 bits per heavy atom. The van der Waals surface area contributed by atoms with E-state index < -0.39 is 0 Å². The van der Waals surface area contributed by atoms with E-state index in [0.717, 1.165) is 17.0 Å². The molecule has 1 aromatic carbocycles. The van der Waals surface area contributed by atoms with Crippen LogP contribution in [0, 0.1) is 0 Å². The Kier molecular flexibility index (Phi) is 8.09. The molecule has 4 nitrogen and oxygen atoms in total. The van der Waals surface area contributed by atoms with Crippen molar-refractivity contribution < 1.29 is 9.53 Å². The Labute approximate surface area is 147 Å². The lowest BCUT2D eigenvalue weighted by molar-refractivity contribution is 0.0798. The van der Waals surface area contributed by atoms with Crippen LogP contribution in [0.3, 0.4) is 0 Å². The van der Waals surface area contributed by atoms with Gasteiger partial charge in [-0.25, -0.2) is 0 Å². The number of rotatable bonds is 7. The smallest absolute Gasteiger partial charge is 0.267 e. The molecule has 0 spiro atoms. The lowest BCUT2D eigenvalue weighted by atomic mass is 10.2. The van der Waals surface area contributed by atoms with Crippen LogP contribution in [0.15, 0.2) is 36.4 Å². The van der Waals surface area contributed by atoms with Gasteiger partial charge in [-0.3, -0.25) is 4.79 Å². The highest BCUT2D eigenvalue weighted by Crippen LogP contribution is 2.36. The molecule has 0 atom stereocenters. The second-order valence-electron chi connectivity index (χ2n) is 4.93. The number of hydrogen-bond acceptors (Lipinski definition) is 4. The van der Waals surface area contributed by atoms with Gasteiger partial charge < -0.3 is 15.0 Å². The number of ether oxygens (including phenoxy) is 1. The first kappa shape index (κ1) is 19.5. The average molecular weight is 355 g/mol. The van der Waals surface area contributed by atoms with Crippen molar-refractivity contribution in [1.82, 2.24) is 10.2 Å². The summed E-state index contributed by atoms with van der Waals surface area (Å²) in [5.74, 6) is 0.679. The standard InChI is InChI=1S/C17H22N2O2S.ClH/c1-4-21-14-12-15(13-8-6-5-7-9-13)22-16(14)17(20)19(3)11-10-18-2;/h5-9,12,18H,4,10-11H2,1-3H3;1H. The molecule has 1 N–H and O–H groups in total. The molecule has 1 amide bonds. The summed E-state index contributed by atoms with van der Waals surface area (Å²) in [7, 11) is 3.69. The number of carbonyl (C=O) groups is 1. The second-order valence-corrected chi connectivity index (χ2v) is 5.99. The van der Waals surface area contributed by atoms with E-state index in [1.807, 2.05) is 57.4 Å². The van der Waals surface area contributed by atoms with Crippen LogP contribution in [0.1, 0.15) is 16.6 Å². The van der Waals surface area contributed by atoms with Gasteiger partial charge in [-0.1, -0.05) is 30.3 Å². The quantitative estimate of drug-likeness (QED) is 0.827. The largest absolute Gasteiger partial charge is 0.492 e. The maximum absolute atomic E-state index is 12.6. The first-order chi connectivity index (χ1) is 10.7. The fraction of sp³-hybridized carbons (Fsp3) is 0.353. The third kappa shape index (κ3) is 4.96. The monoisotopic (exact) mass is 354 g/mol. The van der Waals surface area contributed by atoms with Gasteiger partial charge in [-0.05, 0) is 25.6 Å². The van der Waals surface area contributed by atoms with Crippen LogP contribution in [-0.2, 0) is 0 Å². The molecule has 0 unspecified atom stereocenters. The molecule has 1 aromatic heterocycles. The van der Waals surface area contributed by atoms with Crippen LogP contribution in [0.25, 0.3) is 10.4 Å². The maximum atomic E-state index is 12.6. The van der Waals surface area contributed by atoms with Crippen molar-refractivity contribution in [3.8, 4) is 16.2 Å². The lowest BCUT2D eigenvalue weighted by Crippen LogP contribution is -2.32. The molecule has 0 aliphatic rings. The molecule has 0 aliphatic heterocycles. The van der Waals surface area contributed by atoms with Gasteiger partial charge in [0, 0.05) is 25.0 Å². The molecule has 0 saturated carbocycles. The summed E-state index contributed by atoms with van der Waals surface area (Å²) in [5.41, 5.74) is 1.10. The van der Waals surface area contributed by atoms with Crippen LogP contribution < -0.4 is 10.1 Å². The summed E-state index contributed by atoms with van der Waals surface area (Å²) < 4.78 is 5.66. The number of carbonyl (C=O) groups excluding carboxylic acids is 1. The number of thiophene rings is 1. The highest BCUT2D eigenvalue weighted by atomic mass is 35.5. The fourth-order valence-corrected chi connectivity index (χ4v) is 3.19. The minimum atomic E-state index is 0. The van der Waals surface area contributed by atoms with Crippen LogP contribution in [-0.4, -0.2) is 44.6 Å². The Bertz CT molecular complexity index is 616. The van der Waals surface area contributed by atoms with Crippen LogP contribution in [0.4, 0.5) is 0 Å². The number of amides is 1. The van der Waals surface area contributed by atoms with E-state index in [-0.39, 0.29) is 18.3 Å². The third-order valence-electron chi connectivity index (χ3n) is 3.29. The normalized spacial score (nSPS) is 10.0. The summed E-state index contributed by atoms with van der Waals surface area (Å²) >= 11 is 1.49. The van der Waals surface area contributed by atoms with Crippen LogP contribution in [0.2, 0.25) is 0 Å². The van der Waals surface area contributed by atoms with E-state index in [0.29, 0.717) is 23.8 Å². The molecule has 1 heterocycles. The number of likely N-dealkylation sites (N-methyl/N-ethyl adjacent to an activating group) is 2. The van der Waals surface area contributed by atoms with E-state index in [2.05, 4.69) is 5.32 Å². The molecule has 0 saturated heterocycles. The minimum Gasteiger partial charge on any atom is -0.492 e. The first-order valence-electron chi connectivity index (χ1n) is 7.39. The van der Waals surface area contributed by atoms with Crippen molar-refractivity contribution in [2.75, 3.05) is 33.8 Å². The summed E-state index contributed by atoms with van der Waals surface area (Å²) in [4.78, 5) is 16.1. The van der Waals surface area contributed by atoms with Crippen molar-refractivity contribution >= 4 is 29.7 Å². The van der Waals surface area contributed by atoms with Crippen molar-refractivity contribution in [2.24, 2.45) is 0 Å². The van der Waals surface area contributed by atoms with Gasteiger partial charge in [0.05, 0.1) is 6.61 Å². The van der Waals surface area contributed by atoms with Crippen molar-refractivity contribution in [3.63, 3.8) is 0 Å². The number of halogens is 1. The Hall–Kier alpha value is -1.56. The van der Waals surface area contributed by atoms with Gasteiger partial charge in [-0.15, -0.1) is 23.7 Å². The molecule has 2 rings (SSSR count). The summed E-state index contributed by atoms with van der Waals surface area (Å²) in [5, 5.41) is 3.05. The van der Waals surface area contributed by atoms with E-state index in [9.17, 15) is 4.79 Å². The number of nitrogens with one attached hydrogen (secondary N) is 1. The van der Waals surface area contributed by atoms with Gasteiger partial charge >= 0.3 is 0 Å². The van der Waals surface area contributed by atoms with E-state index in [1.165, 1.54) is 11.3 Å². The fourth-order valence-electron chi connectivity index (χ4n) is 2.09. The van der Waals surface area contributed by atoms with Crippen LogP contribution >= 0.6 is 23.7 Å². The Morgan fingerprint density at radius 1 is 1.30 bits per heavy atom. The summed E-state index contributed by atoms with van der Waals surface area (Å²) in [6.45, 7) is 3.91. The molecular weight excluding hydrogens is 332 g/mol. The topological polar surface area (TPSA) is 41.6 Å². The van der Waals surface area contributed by atoms with Gasteiger partial charge in [0.15, 0.2) is 0 Å². The zero-order chi connectivity index (χ0) is 15.9. The zero-order valence-corrected chi connectivity index (χ0v) is 15.3. The van der Waals surface area contributed by atoms with Crippen LogP contribution in [0.5, 0.6) is 5.75 Å². The Morgan fingerprint density at radius 3 is 2.61 bits per heavy atom. The molecule has 6 heteroatoms. The van der Waals surface area contributed by atoms with Gasteiger partial charge in [0.1, 0.15) is 10.6 Å². The molecule has 0 fully saturated rings. The van der Waals surface area contributed by atoms with Gasteiger partial charge in [0.25, 0.3) is 5.91 Å². The summed E-state index contributed by atoms with van der Waals surface area (Å²) in [6, 6.07) is 12.0. The SMILES string of the molecule is CCOc1cc(-c2ccccc2)sc1C(=O)N(C)CCNC.Cl. The highest BCUT2D eigenvalue weighted by Gasteiger charge is 2.21. The maximum Gasteiger partial charge on any atom is 0.267 e. The molecular formula is C17H23ClN2O2S. The first-order valence-corrected chi connectivity index (χ1v) is 8.21. The van der Waals surface area contributed by atoms with Gasteiger partial charge in [-0.2, -0.15) is 0 Å².